The fraction of sp³-hybridized carbons (Fsp3) is 0.400. The molecule has 1 fully saturated rings. The highest BCUT2D eigenvalue weighted by Gasteiger charge is 2.31. The zero-order valence-electron chi connectivity index (χ0n) is 12.9. The van der Waals surface area contributed by atoms with Crippen LogP contribution in [0.25, 0.3) is 0 Å². The van der Waals surface area contributed by atoms with Crippen molar-refractivity contribution in [2.24, 2.45) is 0 Å². The van der Waals surface area contributed by atoms with Crippen LogP contribution in [0.15, 0.2) is 30.5 Å². The molecule has 7 nitrogen and oxygen atoms in total. The second kappa shape index (κ2) is 7.02. The molecule has 0 unspecified atom stereocenters. The van der Waals surface area contributed by atoms with Gasteiger partial charge in [0.1, 0.15) is 12.1 Å². The van der Waals surface area contributed by atoms with Gasteiger partial charge in [-0.15, -0.1) is 5.10 Å². The molecule has 1 aliphatic heterocycles. The molecule has 9 heteroatoms. The van der Waals surface area contributed by atoms with E-state index >= 15 is 0 Å². The Kier molecular flexibility index (Phi) is 4.81. The van der Waals surface area contributed by atoms with Crippen molar-refractivity contribution in [3.05, 3.63) is 41.7 Å². The van der Waals surface area contributed by atoms with Crippen LogP contribution in [0.4, 0.5) is 14.5 Å². The summed E-state index contributed by atoms with van der Waals surface area (Å²) in [5, 5.41) is 10.4. The summed E-state index contributed by atoms with van der Waals surface area (Å²) in [6.07, 6.45) is -1.18. The number of carbonyl (C=O) groups excluding carboxylic acids is 1. The fourth-order valence-corrected chi connectivity index (χ4v) is 2.45. The number of carbonyl (C=O) groups is 1. The summed E-state index contributed by atoms with van der Waals surface area (Å²) in [4.78, 5) is 12.2. The largest absolute Gasteiger partial charge is 0.377 e. The summed E-state index contributed by atoms with van der Waals surface area (Å²) in [5.74, 6) is -0.473. The summed E-state index contributed by atoms with van der Waals surface area (Å²) < 4.78 is 37.2. The Morgan fingerprint density at radius 2 is 2.12 bits per heavy atom. The van der Waals surface area contributed by atoms with Crippen LogP contribution in [0.5, 0.6) is 0 Å². The van der Waals surface area contributed by atoms with Gasteiger partial charge in [-0.25, -0.2) is 13.5 Å². The quantitative estimate of drug-likeness (QED) is 0.903. The third-order valence-electron chi connectivity index (χ3n) is 3.81. The molecular formula is C15H16F2N4O3. The highest BCUT2D eigenvalue weighted by atomic mass is 19.3. The molecule has 1 aliphatic rings. The SMILES string of the molecule is CO[C@@H]1COC[C@H]1n1cc(C(=O)Nc2ccc(C(F)F)cc2)nn1. The fourth-order valence-electron chi connectivity index (χ4n) is 2.45. The second-order valence-corrected chi connectivity index (χ2v) is 5.34. The van der Waals surface area contributed by atoms with Crippen LogP contribution < -0.4 is 5.32 Å². The molecule has 0 aliphatic carbocycles. The molecule has 0 bridgehead atoms. The number of hydrogen-bond acceptors (Lipinski definition) is 5. The molecule has 1 aromatic carbocycles. The normalized spacial score (nSPS) is 20.5. The molecule has 0 radical (unpaired) electrons. The van der Waals surface area contributed by atoms with Crippen LogP contribution in [0.3, 0.4) is 0 Å². The van der Waals surface area contributed by atoms with E-state index in [0.717, 1.165) is 0 Å². The number of hydrogen-bond donors (Lipinski definition) is 1. The van der Waals surface area contributed by atoms with Crippen LogP contribution in [0.2, 0.25) is 0 Å². The van der Waals surface area contributed by atoms with Gasteiger partial charge in [-0.2, -0.15) is 0 Å². The Morgan fingerprint density at radius 3 is 2.79 bits per heavy atom. The lowest BCUT2D eigenvalue weighted by Gasteiger charge is -2.15. The Bertz CT molecular complexity index is 705. The van der Waals surface area contributed by atoms with E-state index in [0.29, 0.717) is 18.9 Å². The van der Waals surface area contributed by atoms with Gasteiger partial charge in [0.15, 0.2) is 5.69 Å². The van der Waals surface area contributed by atoms with E-state index in [9.17, 15) is 13.6 Å². The molecular weight excluding hydrogens is 322 g/mol. The lowest BCUT2D eigenvalue weighted by Crippen LogP contribution is -2.24. The first kappa shape index (κ1) is 16.5. The number of rotatable bonds is 5. The molecule has 2 aromatic rings. The van der Waals surface area contributed by atoms with E-state index in [2.05, 4.69) is 15.6 Å². The topological polar surface area (TPSA) is 78.3 Å². The van der Waals surface area contributed by atoms with Crippen molar-refractivity contribution in [2.45, 2.75) is 18.6 Å². The number of ether oxygens (including phenoxy) is 2. The van der Waals surface area contributed by atoms with Crippen LogP contribution in [0.1, 0.15) is 28.5 Å². The van der Waals surface area contributed by atoms with Crippen molar-refractivity contribution < 1.29 is 23.0 Å². The van der Waals surface area contributed by atoms with E-state index in [1.54, 1.807) is 7.11 Å². The number of methoxy groups -OCH3 is 1. The van der Waals surface area contributed by atoms with Crippen LogP contribution >= 0.6 is 0 Å². The van der Waals surface area contributed by atoms with E-state index in [4.69, 9.17) is 9.47 Å². The first-order chi connectivity index (χ1) is 11.6. The molecule has 0 saturated carbocycles. The maximum atomic E-state index is 12.5. The van der Waals surface area contributed by atoms with E-state index in [1.807, 2.05) is 0 Å². The maximum absolute atomic E-state index is 12.5. The van der Waals surface area contributed by atoms with Gasteiger partial charge in [0.25, 0.3) is 12.3 Å². The van der Waals surface area contributed by atoms with Crippen molar-refractivity contribution in [1.82, 2.24) is 15.0 Å². The summed E-state index contributed by atoms with van der Waals surface area (Å²) in [6.45, 7) is 0.886. The molecule has 3 rings (SSSR count). The number of nitrogens with one attached hydrogen (secondary N) is 1. The van der Waals surface area contributed by atoms with Crippen LogP contribution in [-0.4, -0.2) is 47.3 Å². The number of nitrogens with zero attached hydrogens (tertiary/aromatic N) is 3. The molecule has 1 aromatic heterocycles. The summed E-state index contributed by atoms with van der Waals surface area (Å²) in [5.41, 5.74) is 0.415. The zero-order chi connectivity index (χ0) is 17.1. The summed E-state index contributed by atoms with van der Waals surface area (Å²) in [7, 11) is 1.58. The van der Waals surface area contributed by atoms with Gasteiger partial charge in [0.2, 0.25) is 0 Å². The van der Waals surface area contributed by atoms with Crippen LogP contribution in [0, 0.1) is 0 Å². The molecule has 0 spiro atoms. The molecule has 1 amide bonds. The van der Waals surface area contributed by atoms with E-state index in [1.165, 1.54) is 35.1 Å². The first-order valence-corrected chi connectivity index (χ1v) is 7.30. The zero-order valence-corrected chi connectivity index (χ0v) is 12.9. The number of benzene rings is 1. The molecule has 2 heterocycles. The number of anilines is 1. The van der Waals surface area contributed by atoms with Gasteiger partial charge in [-0.3, -0.25) is 4.79 Å². The predicted molar refractivity (Wildman–Crippen MR) is 80.0 cm³/mol. The van der Waals surface area contributed by atoms with Gasteiger partial charge in [-0.05, 0) is 12.1 Å². The Hall–Kier alpha value is -2.39. The lowest BCUT2D eigenvalue weighted by molar-refractivity contribution is 0.0661. The van der Waals surface area contributed by atoms with E-state index < -0.39 is 12.3 Å². The van der Waals surface area contributed by atoms with Crippen LogP contribution in [-0.2, 0) is 9.47 Å². The van der Waals surface area contributed by atoms with Crippen molar-refractivity contribution in [2.75, 3.05) is 25.6 Å². The smallest absolute Gasteiger partial charge is 0.277 e. The second-order valence-electron chi connectivity index (χ2n) is 5.34. The van der Waals surface area contributed by atoms with Gasteiger partial charge >= 0.3 is 0 Å². The highest BCUT2D eigenvalue weighted by Crippen LogP contribution is 2.22. The van der Waals surface area contributed by atoms with Crippen molar-refractivity contribution in [3.63, 3.8) is 0 Å². The Balaban J connectivity index is 1.67. The van der Waals surface area contributed by atoms with Crippen molar-refractivity contribution in [3.8, 4) is 0 Å². The summed E-state index contributed by atoms with van der Waals surface area (Å²) in [6, 6.07) is 5.20. The molecule has 2 atom stereocenters. The molecule has 1 saturated heterocycles. The third-order valence-corrected chi connectivity index (χ3v) is 3.81. The number of aromatic nitrogens is 3. The standard InChI is InChI=1S/C15H16F2N4O3/c1-23-13-8-24-7-12(13)21-6-11(19-20-21)15(22)18-10-4-2-9(3-5-10)14(16)17/h2-6,12-14H,7-8H2,1H3,(H,18,22)/t12-,13-/m1/s1. The minimum atomic E-state index is -2.54. The molecule has 1 N–H and O–H groups in total. The first-order valence-electron chi connectivity index (χ1n) is 7.30. The minimum absolute atomic E-state index is 0.106. The van der Waals surface area contributed by atoms with Gasteiger partial charge in [0, 0.05) is 18.4 Å². The average molecular weight is 338 g/mol. The summed E-state index contributed by atoms with van der Waals surface area (Å²) >= 11 is 0. The number of alkyl halides is 2. The monoisotopic (exact) mass is 338 g/mol. The van der Waals surface area contributed by atoms with E-state index in [-0.39, 0.29) is 23.4 Å². The predicted octanol–water partition coefficient (Wildman–Crippen LogP) is 2.05. The van der Waals surface area contributed by atoms with Crippen molar-refractivity contribution in [1.29, 1.82) is 0 Å². The molecule has 128 valence electrons. The highest BCUT2D eigenvalue weighted by molar-refractivity contribution is 6.02. The average Bonchev–Trinajstić information content (AvgIpc) is 3.24. The lowest BCUT2D eigenvalue weighted by atomic mass is 10.2. The van der Waals surface area contributed by atoms with Crippen molar-refractivity contribution >= 4 is 11.6 Å². The Morgan fingerprint density at radius 1 is 1.38 bits per heavy atom. The minimum Gasteiger partial charge on any atom is -0.377 e. The van der Waals surface area contributed by atoms with Gasteiger partial charge < -0.3 is 14.8 Å². The maximum Gasteiger partial charge on any atom is 0.277 e. The molecule has 24 heavy (non-hydrogen) atoms. The van der Waals surface area contributed by atoms with Gasteiger partial charge in [-0.1, -0.05) is 17.3 Å². The number of amides is 1. The Labute approximate surface area is 136 Å². The van der Waals surface area contributed by atoms with Gasteiger partial charge in [0.05, 0.1) is 19.4 Å². The third kappa shape index (κ3) is 3.41. The number of halogens is 2.